The number of pyridine rings is 1. The highest BCUT2D eigenvalue weighted by Crippen LogP contribution is 2.13. The Hall–Kier alpha value is -2.64. The molecule has 2 N–H and O–H groups in total. The third kappa shape index (κ3) is 3.91. The lowest BCUT2D eigenvalue weighted by molar-refractivity contribution is 0.0939. The SMILES string of the molecule is CC(NC(=O)c1ccncc1C#CCO)c1ccccc1. The van der Waals surface area contributed by atoms with E-state index in [0.717, 1.165) is 5.56 Å². The highest BCUT2D eigenvalue weighted by Gasteiger charge is 2.13. The third-order valence-corrected chi connectivity index (χ3v) is 3.01. The smallest absolute Gasteiger partial charge is 0.253 e. The van der Waals surface area contributed by atoms with E-state index in [4.69, 9.17) is 5.11 Å². The molecule has 0 saturated carbocycles. The van der Waals surface area contributed by atoms with Crippen molar-refractivity contribution in [2.45, 2.75) is 13.0 Å². The number of rotatable bonds is 3. The zero-order chi connectivity index (χ0) is 15.1. The lowest BCUT2D eigenvalue weighted by atomic mass is 10.1. The molecule has 106 valence electrons. The second-order valence-corrected chi connectivity index (χ2v) is 4.49. The predicted octanol–water partition coefficient (Wildman–Crippen LogP) is 1.92. The van der Waals surface area contributed by atoms with Gasteiger partial charge in [-0.05, 0) is 18.6 Å². The zero-order valence-corrected chi connectivity index (χ0v) is 11.7. The maximum atomic E-state index is 12.3. The highest BCUT2D eigenvalue weighted by atomic mass is 16.2. The van der Waals surface area contributed by atoms with Crippen molar-refractivity contribution in [2.24, 2.45) is 0 Å². The number of aliphatic hydroxyl groups excluding tert-OH is 1. The van der Waals surface area contributed by atoms with E-state index in [1.54, 1.807) is 12.3 Å². The van der Waals surface area contributed by atoms with Gasteiger partial charge < -0.3 is 10.4 Å². The van der Waals surface area contributed by atoms with Gasteiger partial charge in [0.05, 0.1) is 17.2 Å². The molecule has 21 heavy (non-hydrogen) atoms. The van der Waals surface area contributed by atoms with E-state index >= 15 is 0 Å². The summed E-state index contributed by atoms with van der Waals surface area (Å²) in [5, 5.41) is 11.7. The van der Waals surface area contributed by atoms with Gasteiger partial charge in [0.2, 0.25) is 0 Å². The summed E-state index contributed by atoms with van der Waals surface area (Å²) in [4.78, 5) is 16.3. The molecule has 4 nitrogen and oxygen atoms in total. The molecule has 0 aliphatic heterocycles. The monoisotopic (exact) mass is 280 g/mol. The second-order valence-electron chi connectivity index (χ2n) is 4.49. The Bertz CT molecular complexity index is 672. The van der Waals surface area contributed by atoms with Crippen molar-refractivity contribution in [1.82, 2.24) is 10.3 Å². The minimum absolute atomic E-state index is 0.106. The van der Waals surface area contributed by atoms with Gasteiger partial charge in [-0.15, -0.1) is 0 Å². The first kappa shape index (κ1) is 14.8. The van der Waals surface area contributed by atoms with Crippen LogP contribution in [-0.4, -0.2) is 22.6 Å². The van der Waals surface area contributed by atoms with Crippen LogP contribution in [0.1, 0.15) is 34.5 Å². The lowest BCUT2D eigenvalue weighted by Crippen LogP contribution is -2.27. The zero-order valence-electron chi connectivity index (χ0n) is 11.7. The van der Waals surface area contributed by atoms with Gasteiger partial charge in [0.1, 0.15) is 6.61 Å². The number of nitrogens with one attached hydrogen (secondary N) is 1. The maximum absolute atomic E-state index is 12.3. The van der Waals surface area contributed by atoms with Gasteiger partial charge in [-0.1, -0.05) is 42.2 Å². The average Bonchev–Trinajstić information content (AvgIpc) is 2.54. The van der Waals surface area contributed by atoms with E-state index in [1.807, 2.05) is 37.3 Å². The standard InChI is InChI=1S/C17H16N2O2/c1-13(14-6-3-2-4-7-14)19-17(21)16-9-10-18-12-15(16)8-5-11-20/h2-4,6-7,9-10,12-13,20H,11H2,1H3,(H,19,21). The lowest BCUT2D eigenvalue weighted by Gasteiger charge is -2.14. The Morgan fingerprint density at radius 2 is 2.10 bits per heavy atom. The normalized spacial score (nSPS) is 11.1. The van der Waals surface area contributed by atoms with Gasteiger partial charge in [0, 0.05) is 12.4 Å². The molecule has 0 aliphatic carbocycles. The Labute approximate surface area is 123 Å². The maximum Gasteiger partial charge on any atom is 0.253 e. The summed E-state index contributed by atoms with van der Waals surface area (Å²) in [6, 6.07) is 11.2. The Morgan fingerprint density at radius 1 is 1.33 bits per heavy atom. The molecule has 2 aromatic rings. The quantitative estimate of drug-likeness (QED) is 0.844. The van der Waals surface area contributed by atoms with Gasteiger partial charge in [-0.25, -0.2) is 0 Å². The molecule has 1 amide bonds. The van der Waals surface area contributed by atoms with Crippen LogP contribution in [0.25, 0.3) is 0 Å². The molecule has 0 radical (unpaired) electrons. The summed E-state index contributed by atoms with van der Waals surface area (Å²) in [7, 11) is 0. The van der Waals surface area contributed by atoms with Gasteiger partial charge in [0.25, 0.3) is 5.91 Å². The van der Waals surface area contributed by atoms with Gasteiger partial charge in [-0.3, -0.25) is 9.78 Å². The summed E-state index contributed by atoms with van der Waals surface area (Å²) < 4.78 is 0. The van der Waals surface area contributed by atoms with Crippen molar-refractivity contribution in [1.29, 1.82) is 0 Å². The molecule has 0 spiro atoms. The average molecular weight is 280 g/mol. The number of amides is 1. The van der Waals surface area contributed by atoms with Crippen LogP contribution in [0, 0.1) is 11.8 Å². The number of benzene rings is 1. The first-order valence-corrected chi connectivity index (χ1v) is 6.62. The van der Waals surface area contributed by atoms with Crippen LogP contribution in [0.4, 0.5) is 0 Å². The van der Waals surface area contributed by atoms with Crippen molar-refractivity contribution in [3.05, 3.63) is 65.5 Å². The van der Waals surface area contributed by atoms with Crippen LogP contribution in [-0.2, 0) is 0 Å². The topological polar surface area (TPSA) is 62.2 Å². The summed E-state index contributed by atoms with van der Waals surface area (Å²) in [5.41, 5.74) is 1.99. The molecule has 0 aliphatic rings. The van der Waals surface area contributed by atoms with Crippen LogP contribution in [0.15, 0.2) is 48.8 Å². The molecule has 4 heteroatoms. The van der Waals surface area contributed by atoms with E-state index in [2.05, 4.69) is 22.1 Å². The van der Waals surface area contributed by atoms with Crippen LogP contribution < -0.4 is 5.32 Å². The van der Waals surface area contributed by atoms with Crippen molar-refractivity contribution in [3.8, 4) is 11.8 Å². The molecule has 1 atom stereocenters. The minimum Gasteiger partial charge on any atom is -0.384 e. The van der Waals surface area contributed by atoms with Crippen molar-refractivity contribution >= 4 is 5.91 Å². The highest BCUT2D eigenvalue weighted by molar-refractivity contribution is 5.96. The number of hydrogen-bond acceptors (Lipinski definition) is 3. The fourth-order valence-electron chi connectivity index (χ4n) is 1.93. The molecular formula is C17H16N2O2. The Balaban J connectivity index is 2.17. The van der Waals surface area contributed by atoms with Crippen LogP contribution >= 0.6 is 0 Å². The van der Waals surface area contributed by atoms with E-state index in [-0.39, 0.29) is 18.6 Å². The molecule has 2 rings (SSSR count). The van der Waals surface area contributed by atoms with E-state index in [9.17, 15) is 4.79 Å². The van der Waals surface area contributed by atoms with Crippen LogP contribution in [0.2, 0.25) is 0 Å². The molecule has 0 fully saturated rings. The van der Waals surface area contributed by atoms with Crippen LogP contribution in [0.5, 0.6) is 0 Å². The van der Waals surface area contributed by atoms with Crippen molar-refractivity contribution in [2.75, 3.05) is 6.61 Å². The molecule has 1 aromatic carbocycles. The number of aromatic nitrogens is 1. The fraction of sp³-hybridized carbons (Fsp3) is 0.176. The summed E-state index contributed by atoms with van der Waals surface area (Å²) in [5.74, 6) is 5.05. The summed E-state index contributed by atoms with van der Waals surface area (Å²) >= 11 is 0. The first-order chi connectivity index (χ1) is 10.2. The summed E-state index contributed by atoms with van der Waals surface area (Å²) in [6.07, 6.45) is 3.07. The number of hydrogen-bond donors (Lipinski definition) is 2. The molecule has 0 saturated heterocycles. The van der Waals surface area contributed by atoms with Gasteiger partial charge in [0.15, 0.2) is 0 Å². The number of carbonyl (C=O) groups excluding carboxylic acids is 1. The Morgan fingerprint density at radius 3 is 2.81 bits per heavy atom. The van der Waals surface area contributed by atoms with E-state index in [0.29, 0.717) is 11.1 Å². The molecule has 1 heterocycles. The van der Waals surface area contributed by atoms with Crippen molar-refractivity contribution < 1.29 is 9.90 Å². The van der Waals surface area contributed by atoms with Gasteiger partial charge >= 0.3 is 0 Å². The molecule has 1 aromatic heterocycles. The molecule has 0 bridgehead atoms. The van der Waals surface area contributed by atoms with Crippen LogP contribution in [0.3, 0.4) is 0 Å². The number of nitrogens with zero attached hydrogens (tertiary/aromatic N) is 1. The van der Waals surface area contributed by atoms with E-state index in [1.165, 1.54) is 6.20 Å². The third-order valence-electron chi connectivity index (χ3n) is 3.01. The number of carbonyl (C=O) groups is 1. The largest absolute Gasteiger partial charge is 0.384 e. The Kier molecular flexibility index (Phi) is 5.08. The fourth-order valence-corrected chi connectivity index (χ4v) is 1.93. The van der Waals surface area contributed by atoms with Crippen molar-refractivity contribution in [3.63, 3.8) is 0 Å². The van der Waals surface area contributed by atoms with E-state index < -0.39 is 0 Å². The molecule has 1 unspecified atom stereocenters. The predicted molar refractivity (Wildman–Crippen MR) is 80.5 cm³/mol. The first-order valence-electron chi connectivity index (χ1n) is 6.62. The minimum atomic E-state index is -0.254. The summed E-state index contributed by atoms with van der Waals surface area (Å²) in [6.45, 7) is 1.67. The molecular weight excluding hydrogens is 264 g/mol. The number of aliphatic hydroxyl groups is 1. The second kappa shape index (κ2) is 7.22. The van der Waals surface area contributed by atoms with Gasteiger partial charge in [-0.2, -0.15) is 0 Å².